The zero-order chi connectivity index (χ0) is 13.8. The summed E-state index contributed by atoms with van der Waals surface area (Å²) < 4.78 is 4.73. The highest BCUT2D eigenvalue weighted by atomic mass is 32.2. The molecule has 7 heteroatoms. The van der Waals surface area contributed by atoms with Crippen LogP contribution in [0.2, 0.25) is 0 Å². The molecule has 1 heterocycles. The minimum absolute atomic E-state index is 0.00208. The molecule has 6 nitrogen and oxygen atoms in total. The van der Waals surface area contributed by atoms with Crippen LogP contribution >= 0.6 is 11.8 Å². The molecule has 2 N–H and O–H groups in total. The topological polar surface area (TPSA) is 101 Å². The van der Waals surface area contributed by atoms with Gasteiger partial charge in [0.05, 0.1) is 16.7 Å². The van der Waals surface area contributed by atoms with Crippen molar-refractivity contribution in [2.24, 2.45) is 0 Å². The van der Waals surface area contributed by atoms with Crippen LogP contribution in [0.1, 0.15) is 40.2 Å². The zero-order valence-corrected chi connectivity index (χ0v) is 10.9. The van der Waals surface area contributed by atoms with Crippen molar-refractivity contribution >= 4 is 23.3 Å². The second-order valence-electron chi connectivity index (χ2n) is 4.10. The second kappa shape index (κ2) is 6.14. The molecule has 0 aliphatic heterocycles. The largest absolute Gasteiger partial charge is 0.368 e. The minimum Gasteiger partial charge on any atom is -0.368 e. The number of carbonyl (C=O) groups excluding carboxylic acids is 2. The maximum absolute atomic E-state index is 12.0. The van der Waals surface area contributed by atoms with Crippen LogP contribution in [0, 0.1) is 0 Å². The van der Waals surface area contributed by atoms with Crippen molar-refractivity contribution in [2.45, 2.75) is 25.6 Å². The van der Waals surface area contributed by atoms with E-state index in [1.54, 1.807) is 0 Å². The van der Waals surface area contributed by atoms with Gasteiger partial charge in [-0.25, -0.2) is 0 Å². The Bertz CT molecular complexity index is 520. The molecule has 1 aliphatic carbocycles. The third-order valence-corrected chi connectivity index (χ3v) is 3.75. The number of carbonyl (C=O) groups is 2. The van der Waals surface area contributed by atoms with Gasteiger partial charge >= 0.3 is 0 Å². The van der Waals surface area contributed by atoms with Crippen LogP contribution in [-0.4, -0.2) is 39.0 Å². The van der Waals surface area contributed by atoms with Crippen molar-refractivity contribution in [3.8, 4) is 0 Å². The number of aliphatic hydroxyl groups is 2. The van der Waals surface area contributed by atoms with E-state index in [9.17, 15) is 9.59 Å². The first-order valence-electron chi connectivity index (χ1n) is 5.84. The van der Waals surface area contributed by atoms with E-state index < -0.39 is 6.29 Å². The Morgan fingerprint density at radius 1 is 1.32 bits per heavy atom. The van der Waals surface area contributed by atoms with Crippen LogP contribution in [-0.2, 0) is 0 Å². The summed E-state index contributed by atoms with van der Waals surface area (Å²) in [5, 5.41) is 20.8. The summed E-state index contributed by atoms with van der Waals surface area (Å²) in [7, 11) is 0. The number of nitrogens with zero attached hydrogens (tertiary/aromatic N) is 1. The molecule has 1 aromatic heterocycles. The molecule has 19 heavy (non-hydrogen) atoms. The molecule has 102 valence electrons. The molecular formula is C12H13NO5S. The van der Waals surface area contributed by atoms with Crippen molar-refractivity contribution in [3.05, 3.63) is 28.5 Å². The van der Waals surface area contributed by atoms with Crippen molar-refractivity contribution in [2.75, 3.05) is 5.75 Å². The maximum Gasteiger partial charge on any atom is 0.225 e. The molecular weight excluding hydrogens is 270 g/mol. The van der Waals surface area contributed by atoms with Crippen LogP contribution in [0.3, 0.4) is 0 Å². The van der Waals surface area contributed by atoms with E-state index in [4.69, 9.17) is 14.7 Å². The fourth-order valence-electron chi connectivity index (χ4n) is 1.68. The Hall–Kier alpha value is -1.44. The Kier molecular flexibility index (Phi) is 4.52. The van der Waals surface area contributed by atoms with Crippen LogP contribution in [0.5, 0.6) is 0 Å². The Balaban J connectivity index is 1.88. The number of rotatable bonds is 6. The Morgan fingerprint density at radius 2 is 2.11 bits per heavy atom. The van der Waals surface area contributed by atoms with Crippen LogP contribution in [0.25, 0.3) is 0 Å². The highest BCUT2D eigenvalue weighted by Gasteiger charge is 2.29. The number of hydrogen-bond donors (Lipinski definition) is 2. The summed E-state index contributed by atoms with van der Waals surface area (Å²) in [5.74, 6) is 0.0410. The third kappa shape index (κ3) is 3.31. The lowest BCUT2D eigenvalue weighted by atomic mass is 10.0. The van der Waals surface area contributed by atoms with E-state index in [-0.39, 0.29) is 22.9 Å². The number of allylic oxidation sites excluding steroid dienone is 2. The van der Waals surface area contributed by atoms with Crippen molar-refractivity contribution in [1.82, 2.24) is 5.16 Å². The molecule has 0 unspecified atom stereocenters. The van der Waals surface area contributed by atoms with E-state index in [1.807, 2.05) is 0 Å². The number of aromatic nitrogens is 1. The summed E-state index contributed by atoms with van der Waals surface area (Å²) in [6.07, 6.45) is 2.92. The standard InChI is InChI=1S/C12H13NO5S/c14-8-5-9(19-4-2-1-3-10(15)16)11(17)7-6-13-18-12(7)8/h5-6,10,15-16H,1-4H2. The summed E-state index contributed by atoms with van der Waals surface area (Å²) in [4.78, 5) is 24.0. The minimum atomic E-state index is -1.29. The predicted molar refractivity (Wildman–Crippen MR) is 67.8 cm³/mol. The second-order valence-corrected chi connectivity index (χ2v) is 5.23. The number of ketones is 2. The lowest BCUT2D eigenvalue weighted by Crippen LogP contribution is -2.13. The SMILES string of the molecule is O=C1C(SCCCCC(O)O)=CC(=O)c2oncc21. The summed E-state index contributed by atoms with van der Waals surface area (Å²) in [5.41, 5.74) is 0.209. The van der Waals surface area contributed by atoms with Gasteiger partial charge in [-0.1, -0.05) is 5.16 Å². The van der Waals surface area contributed by atoms with Gasteiger partial charge in [0, 0.05) is 6.08 Å². The average molecular weight is 283 g/mol. The van der Waals surface area contributed by atoms with Gasteiger partial charge in [-0.2, -0.15) is 0 Å². The van der Waals surface area contributed by atoms with Crippen LogP contribution in [0.15, 0.2) is 21.7 Å². The van der Waals surface area contributed by atoms with E-state index in [2.05, 4.69) is 5.16 Å². The number of thioether (sulfide) groups is 1. The van der Waals surface area contributed by atoms with Gasteiger partial charge < -0.3 is 14.7 Å². The Morgan fingerprint density at radius 3 is 2.84 bits per heavy atom. The van der Waals surface area contributed by atoms with Gasteiger partial charge in [-0.05, 0) is 25.0 Å². The van der Waals surface area contributed by atoms with Gasteiger partial charge in [-0.3, -0.25) is 9.59 Å². The zero-order valence-electron chi connectivity index (χ0n) is 10.0. The van der Waals surface area contributed by atoms with Crippen LogP contribution in [0.4, 0.5) is 0 Å². The molecule has 0 amide bonds. The lowest BCUT2D eigenvalue weighted by Gasteiger charge is -2.09. The van der Waals surface area contributed by atoms with Gasteiger partial charge in [0.25, 0.3) is 0 Å². The molecule has 0 aromatic carbocycles. The first-order chi connectivity index (χ1) is 9.09. The highest BCUT2D eigenvalue weighted by Crippen LogP contribution is 2.28. The van der Waals surface area contributed by atoms with E-state index in [0.717, 1.165) is 6.42 Å². The van der Waals surface area contributed by atoms with Crippen molar-refractivity contribution in [3.63, 3.8) is 0 Å². The summed E-state index contributed by atoms with van der Waals surface area (Å²) >= 11 is 1.29. The molecule has 0 bridgehead atoms. The van der Waals surface area contributed by atoms with Gasteiger partial charge in [0.2, 0.25) is 17.3 Å². The lowest BCUT2D eigenvalue weighted by molar-refractivity contribution is -0.0462. The fraction of sp³-hybridized carbons (Fsp3) is 0.417. The number of hydrogen-bond acceptors (Lipinski definition) is 7. The quantitative estimate of drug-likeness (QED) is 0.596. The molecule has 1 aliphatic rings. The molecule has 0 spiro atoms. The summed E-state index contributed by atoms with van der Waals surface area (Å²) in [6.45, 7) is 0. The van der Waals surface area contributed by atoms with E-state index in [1.165, 1.54) is 24.0 Å². The predicted octanol–water partition coefficient (Wildman–Crippen LogP) is 1.15. The maximum atomic E-state index is 12.0. The van der Waals surface area contributed by atoms with Gasteiger partial charge in [0.15, 0.2) is 6.29 Å². The first-order valence-corrected chi connectivity index (χ1v) is 6.82. The van der Waals surface area contributed by atoms with E-state index >= 15 is 0 Å². The normalized spacial score (nSPS) is 14.8. The average Bonchev–Trinajstić information content (AvgIpc) is 2.84. The molecule has 0 atom stereocenters. The molecule has 0 fully saturated rings. The third-order valence-electron chi connectivity index (χ3n) is 2.64. The molecule has 2 rings (SSSR count). The first kappa shape index (κ1) is 14.0. The number of unbranched alkanes of at least 4 members (excludes halogenated alkanes) is 1. The monoisotopic (exact) mass is 283 g/mol. The van der Waals surface area contributed by atoms with Crippen molar-refractivity contribution < 1.29 is 24.3 Å². The molecule has 1 aromatic rings. The summed E-state index contributed by atoms with van der Waals surface area (Å²) in [6, 6.07) is 0. The molecule has 0 saturated carbocycles. The van der Waals surface area contributed by atoms with E-state index in [0.29, 0.717) is 23.5 Å². The number of aliphatic hydroxyl groups excluding tert-OH is 1. The fourth-order valence-corrected chi connectivity index (χ4v) is 2.68. The Labute approximate surface area is 113 Å². The smallest absolute Gasteiger partial charge is 0.225 e. The molecule has 0 radical (unpaired) electrons. The van der Waals surface area contributed by atoms with Crippen LogP contribution < -0.4 is 0 Å². The highest BCUT2D eigenvalue weighted by molar-refractivity contribution is 8.04. The van der Waals surface area contributed by atoms with Crippen molar-refractivity contribution in [1.29, 1.82) is 0 Å². The van der Waals surface area contributed by atoms with Gasteiger partial charge in [0.1, 0.15) is 0 Å². The number of fused-ring (bicyclic) bond motifs is 1. The molecule has 0 saturated heterocycles. The number of Topliss-reactive ketones (excluding diaryl/α,β-unsaturated/α-hetero) is 1. The van der Waals surface area contributed by atoms with Gasteiger partial charge in [-0.15, -0.1) is 11.8 Å².